The number of hydrogen-bond acceptors (Lipinski definition) is 6. The first kappa shape index (κ1) is 25.1. The zero-order chi connectivity index (χ0) is 23.0. The lowest BCUT2D eigenvalue weighted by Crippen LogP contribution is -2.47. The smallest absolute Gasteiger partial charge is 0.408 e. The third kappa shape index (κ3) is 8.87. The normalized spacial score (nSPS) is 25.2. The fourth-order valence-corrected chi connectivity index (χ4v) is 3.37. The largest absolute Gasteiger partial charge is 0.461 e. The Bertz CT molecular complexity index is 700. The summed E-state index contributed by atoms with van der Waals surface area (Å²) in [6.45, 7) is 12.2. The van der Waals surface area contributed by atoms with E-state index < -0.39 is 29.8 Å². The molecule has 1 heterocycles. The Kier molecular flexibility index (Phi) is 9.32. The SMILES string of the molecule is CC(C)CO[C@H]1COCC(NC(=O)OC(C)(C)C)C(=O)O[C@@H](C)[C@@H]1Cc1ccccc1. The fourth-order valence-electron chi connectivity index (χ4n) is 3.37. The predicted octanol–water partition coefficient (Wildman–Crippen LogP) is 3.74. The summed E-state index contributed by atoms with van der Waals surface area (Å²) >= 11 is 0. The zero-order valence-corrected chi connectivity index (χ0v) is 19.6. The Labute approximate surface area is 185 Å². The number of benzene rings is 1. The molecule has 0 aliphatic carbocycles. The quantitative estimate of drug-likeness (QED) is 0.686. The summed E-state index contributed by atoms with van der Waals surface area (Å²) in [5, 5.41) is 2.57. The number of ether oxygens (including phenoxy) is 4. The second kappa shape index (κ2) is 11.5. The lowest BCUT2D eigenvalue weighted by molar-refractivity contribution is -0.155. The summed E-state index contributed by atoms with van der Waals surface area (Å²) < 4.78 is 23.0. The van der Waals surface area contributed by atoms with Crippen molar-refractivity contribution in [2.45, 2.75) is 71.8 Å². The number of amides is 1. The van der Waals surface area contributed by atoms with Crippen molar-refractivity contribution in [1.82, 2.24) is 5.32 Å². The molecule has 1 fully saturated rings. The first-order chi connectivity index (χ1) is 14.5. The van der Waals surface area contributed by atoms with Crippen LogP contribution < -0.4 is 5.32 Å². The number of alkyl carbamates (subject to hydrolysis) is 1. The molecule has 31 heavy (non-hydrogen) atoms. The van der Waals surface area contributed by atoms with Crippen LogP contribution in [0.3, 0.4) is 0 Å². The standard InChI is InChI=1S/C24H37NO6/c1-16(2)13-29-21-15-28-14-20(25-23(27)31-24(4,5)6)22(26)30-17(3)19(21)12-18-10-8-7-9-11-18/h7-11,16-17,19-21H,12-15H2,1-6H3,(H,25,27)/t17-,19-,20?,21-/m0/s1. The van der Waals surface area contributed by atoms with E-state index >= 15 is 0 Å². The van der Waals surface area contributed by atoms with E-state index in [2.05, 4.69) is 31.3 Å². The minimum Gasteiger partial charge on any atom is -0.461 e. The van der Waals surface area contributed by atoms with Crippen molar-refractivity contribution in [2.75, 3.05) is 19.8 Å². The van der Waals surface area contributed by atoms with Gasteiger partial charge in [0.15, 0.2) is 6.04 Å². The maximum atomic E-state index is 12.8. The van der Waals surface area contributed by atoms with Crippen LogP contribution in [0, 0.1) is 11.8 Å². The third-order valence-electron chi connectivity index (χ3n) is 4.88. The number of cyclic esters (lactones) is 1. The lowest BCUT2D eigenvalue weighted by atomic mass is 9.89. The van der Waals surface area contributed by atoms with E-state index in [0.717, 1.165) is 5.56 Å². The van der Waals surface area contributed by atoms with E-state index in [1.807, 2.05) is 25.1 Å². The minimum absolute atomic E-state index is 0.00953. The van der Waals surface area contributed by atoms with E-state index in [0.29, 0.717) is 25.6 Å². The Balaban J connectivity index is 2.16. The number of rotatable bonds is 6. The lowest BCUT2D eigenvalue weighted by Gasteiger charge is -2.31. The first-order valence-electron chi connectivity index (χ1n) is 11.0. The van der Waals surface area contributed by atoms with Crippen molar-refractivity contribution >= 4 is 12.1 Å². The summed E-state index contributed by atoms with van der Waals surface area (Å²) in [6, 6.07) is 9.10. The number of carbonyl (C=O) groups is 2. The molecule has 1 unspecified atom stereocenters. The Hall–Kier alpha value is -2.12. The van der Waals surface area contributed by atoms with Gasteiger partial charge in [-0.15, -0.1) is 0 Å². The van der Waals surface area contributed by atoms with Gasteiger partial charge >= 0.3 is 12.1 Å². The van der Waals surface area contributed by atoms with Crippen LogP contribution in [0.5, 0.6) is 0 Å². The van der Waals surface area contributed by atoms with Crippen molar-refractivity contribution in [3.05, 3.63) is 35.9 Å². The van der Waals surface area contributed by atoms with E-state index in [1.54, 1.807) is 20.8 Å². The van der Waals surface area contributed by atoms with Gasteiger partial charge in [-0.25, -0.2) is 9.59 Å². The molecule has 0 spiro atoms. The molecule has 4 atom stereocenters. The Morgan fingerprint density at radius 1 is 1.19 bits per heavy atom. The number of carbonyl (C=O) groups excluding carboxylic acids is 2. The fraction of sp³-hybridized carbons (Fsp3) is 0.667. The second-order valence-corrected chi connectivity index (χ2v) is 9.50. The van der Waals surface area contributed by atoms with Crippen LogP contribution in [-0.4, -0.2) is 55.7 Å². The van der Waals surface area contributed by atoms with E-state index in [1.165, 1.54) is 0 Å². The summed E-state index contributed by atoms with van der Waals surface area (Å²) in [4.78, 5) is 25.0. The third-order valence-corrected chi connectivity index (χ3v) is 4.88. The van der Waals surface area contributed by atoms with Gasteiger partial charge in [-0.3, -0.25) is 0 Å². The van der Waals surface area contributed by atoms with E-state index in [4.69, 9.17) is 18.9 Å². The van der Waals surface area contributed by atoms with Gasteiger partial charge in [-0.2, -0.15) is 0 Å². The summed E-state index contributed by atoms with van der Waals surface area (Å²) in [6.07, 6.45) is -0.662. The van der Waals surface area contributed by atoms with Gasteiger partial charge in [0.25, 0.3) is 0 Å². The Morgan fingerprint density at radius 3 is 2.48 bits per heavy atom. The highest BCUT2D eigenvalue weighted by atomic mass is 16.6. The van der Waals surface area contributed by atoms with Crippen molar-refractivity contribution in [1.29, 1.82) is 0 Å². The second-order valence-electron chi connectivity index (χ2n) is 9.50. The van der Waals surface area contributed by atoms with Crippen LogP contribution in [0.25, 0.3) is 0 Å². The van der Waals surface area contributed by atoms with Gasteiger partial charge in [0, 0.05) is 12.5 Å². The van der Waals surface area contributed by atoms with Gasteiger partial charge in [-0.1, -0.05) is 44.2 Å². The van der Waals surface area contributed by atoms with Gasteiger partial charge in [0.05, 0.1) is 19.3 Å². The molecular formula is C24H37NO6. The van der Waals surface area contributed by atoms with Crippen molar-refractivity contribution in [2.24, 2.45) is 11.8 Å². The van der Waals surface area contributed by atoms with Gasteiger partial charge < -0.3 is 24.3 Å². The molecule has 1 aromatic carbocycles. The van der Waals surface area contributed by atoms with Crippen LogP contribution in [0.1, 0.15) is 47.1 Å². The summed E-state index contributed by atoms with van der Waals surface area (Å²) in [5.74, 6) is -0.268. The maximum Gasteiger partial charge on any atom is 0.408 e. The molecule has 1 aliphatic rings. The van der Waals surface area contributed by atoms with Crippen LogP contribution in [0.15, 0.2) is 30.3 Å². The van der Waals surface area contributed by atoms with Crippen molar-refractivity contribution in [3.63, 3.8) is 0 Å². The molecule has 0 saturated carbocycles. The molecule has 0 radical (unpaired) electrons. The van der Waals surface area contributed by atoms with Crippen molar-refractivity contribution in [3.8, 4) is 0 Å². The molecule has 1 N–H and O–H groups in total. The maximum absolute atomic E-state index is 12.8. The van der Waals surface area contributed by atoms with Crippen LogP contribution in [0.2, 0.25) is 0 Å². The highest BCUT2D eigenvalue weighted by Gasteiger charge is 2.36. The molecule has 1 saturated heterocycles. The van der Waals surface area contributed by atoms with Crippen LogP contribution >= 0.6 is 0 Å². The molecule has 1 amide bonds. The molecule has 174 valence electrons. The van der Waals surface area contributed by atoms with E-state index in [9.17, 15) is 9.59 Å². The molecule has 0 bridgehead atoms. The molecular weight excluding hydrogens is 398 g/mol. The predicted molar refractivity (Wildman–Crippen MR) is 118 cm³/mol. The van der Waals surface area contributed by atoms with Gasteiger partial charge in [0.2, 0.25) is 0 Å². The van der Waals surface area contributed by atoms with E-state index in [-0.39, 0.29) is 18.6 Å². The highest BCUT2D eigenvalue weighted by Crippen LogP contribution is 2.24. The minimum atomic E-state index is -0.946. The monoisotopic (exact) mass is 435 g/mol. The van der Waals surface area contributed by atoms with Crippen LogP contribution in [0.4, 0.5) is 4.79 Å². The molecule has 7 nitrogen and oxygen atoms in total. The Morgan fingerprint density at radius 2 is 1.87 bits per heavy atom. The first-order valence-corrected chi connectivity index (χ1v) is 11.0. The molecule has 1 aliphatic heterocycles. The summed E-state index contributed by atoms with van der Waals surface area (Å²) in [7, 11) is 0. The highest BCUT2D eigenvalue weighted by molar-refractivity contribution is 5.81. The number of nitrogens with one attached hydrogen (secondary N) is 1. The number of esters is 1. The average molecular weight is 436 g/mol. The molecule has 7 heteroatoms. The van der Waals surface area contributed by atoms with Crippen LogP contribution in [-0.2, 0) is 30.2 Å². The number of hydrogen-bond donors (Lipinski definition) is 1. The van der Waals surface area contributed by atoms with Gasteiger partial charge in [0.1, 0.15) is 11.7 Å². The average Bonchev–Trinajstić information content (AvgIpc) is 2.71. The topological polar surface area (TPSA) is 83.1 Å². The molecule has 1 aromatic rings. The molecule has 2 rings (SSSR count). The van der Waals surface area contributed by atoms with Gasteiger partial charge in [-0.05, 0) is 45.6 Å². The van der Waals surface area contributed by atoms with Crippen molar-refractivity contribution < 1.29 is 28.5 Å². The summed E-state index contributed by atoms with van der Waals surface area (Å²) in [5.41, 5.74) is 0.466. The zero-order valence-electron chi connectivity index (χ0n) is 19.6. The molecule has 0 aromatic heterocycles.